The Morgan fingerprint density at radius 1 is 1.33 bits per heavy atom. The normalized spacial score (nSPS) is 11.8. The van der Waals surface area contributed by atoms with E-state index in [1.807, 2.05) is 6.92 Å². The molecule has 2 N–H and O–H groups in total. The van der Waals surface area contributed by atoms with Crippen LogP contribution >= 0.6 is 11.8 Å². The van der Waals surface area contributed by atoms with Crippen molar-refractivity contribution in [1.29, 1.82) is 0 Å². The number of imidazole rings is 1. The lowest BCUT2D eigenvalue weighted by Crippen LogP contribution is -2.18. The Kier molecular flexibility index (Phi) is 5.30. The molecule has 114 valence electrons. The summed E-state index contributed by atoms with van der Waals surface area (Å²) >= 11 is 1.17. The van der Waals surface area contributed by atoms with Gasteiger partial charge in [0.05, 0.1) is 5.56 Å². The minimum absolute atomic E-state index is 0.217. The number of hydrogen-bond donors (Lipinski definition) is 2. The Bertz CT molecular complexity index is 567. The predicted octanol–water partition coefficient (Wildman–Crippen LogP) is 4.08. The average molecular weight is 315 g/mol. The Hall–Kier alpha value is -1.47. The molecule has 21 heavy (non-hydrogen) atoms. The van der Waals surface area contributed by atoms with Gasteiger partial charge in [-0.15, -0.1) is 0 Å². The van der Waals surface area contributed by atoms with Crippen LogP contribution in [-0.2, 0) is 12.7 Å². The van der Waals surface area contributed by atoms with Crippen molar-refractivity contribution in [1.82, 2.24) is 15.3 Å². The molecule has 0 saturated carbocycles. The molecule has 7 heteroatoms. The lowest BCUT2D eigenvalue weighted by molar-refractivity contribution is -0.138. The molecular weight excluding hydrogens is 299 g/mol. The van der Waals surface area contributed by atoms with Crippen LogP contribution in [-0.4, -0.2) is 16.5 Å². The number of halogens is 3. The summed E-state index contributed by atoms with van der Waals surface area (Å²) < 4.78 is 39.5. The number of H-pyrrole nitrogens is 1. The van der Waals surface area contributed by atoms with Gasteiger partial charge >= 0.3 is 6.18 Å². The molecule has 0 amide bonds. The van der Waals surface area contributed by atoms with Gasteiger partial charge in [-0.3, -0.25) is 0 Å². The van der Waals surface area contributed by atoms with Crippen molar-refractivity contribution >= 4 is 11.8 Å². The second-order valence-corrected chi connectivity index (χ2v) is 5.55. The fourth-order valence-electron chi connectivity index (χ4n) is 1.86. The van der Waals surface area contributed by atoms with E-state index in [0.29, 0.717) is 16.6 Å². The second-order valence-electron chi connectivity index (χ2n) is 4.49. The van der Waals surface area contributed by atoms with Gasteiger partial charge in [-0.2, -0.15) is 13.2 Å². The molecular formula is C14H16F3N3S. The van der Waals surface area contributed by atoms with E-state index in [0.717, 1.165) is 6.42 Å². The van der Waals surface area contributed by atoms with E-state index >= 15 is 0 Å². The summed E-state index contributed by atoms with van der Waals surface area (Å²) in [5.74, 6) is 0. The summed E-state index contributed by atoms with van der Waals surface area (Å²) in [6.07, 6.45) is -0.275. The van der Waals surface area contributed by atoms with Gasteiger partial charge in [0.2, 0.25) is 0 Å². The summed E-state index contributed by atoms with van der Waals surface area (Å²) in [5, 5.41) is 3.57. The number of benzene rings is 1. The van der Waals surface area contributed by atoms with Gasteiger partial charge in [-0.25, -0.2) is 4.98 Å². The molecule has 1 heterocycles. The van der Waals surface area contributed by atoms with Crippen molar-refractivity contribution < 1.29 is 13.2 Å². The van der Waals surface area contributed by atoms with Crippen LogP contribution in [0.4, 0.5) is 13.2 Å². The van der Waals surface area contributed by atoms with Crippen molar-refractivity contribution in [2.45, 2.75) is 36.1 Å². The number of hydrogen-bond acceptors (Lipinski definition) is 3. The molecule has 0 aliphatic heterocycles. The summed E-state index contributed by atoms with van der Waals surface area (Å²) in [5.41, 5.74) is -0.331. The van der Waals surface area contributed by atoms with Crippen molar-refractivity contribution in [2.75, 3.05) is 6.54 Å². The van der Waals surface area contributed by atoms with Crippen LogP contribution in [0, 0.1) is 0 Å². The van der Waals surface area contributed by atoms with Gasteiger partial charge < -0.3 is 10.3 Å². The molecule has 0 bridgehead atoms. The van der Waals surface area contributed by atoms with E-state index in [1.54, 1.807) is 18.5 Å². The first-order valence-corrected chi connectivity index (χ1v) is 7.40. The molecule has 0 saturated heterocycles. The first kappa shape index (κ1) is 15.9. The smallest absolute Gasteiger partial charge is 0.339 e. The molecule has 0 radical (unpaired) electrons. The predicted molar refractivity (Wildman–Crippen MR) is 76.2 cm³/mol. The number of nitrogens with one attached hydrogen (secondary N) is 2. The van der Waals surface area contributed by atoms with E-state index in [9.17, 15) is 13.2 Å². The fourth-order valence-corrected chi connectivity index (χ4v) is 2.63. The highest BCUT2D eigenvalue weighted by molar-refractivity contribution is 7.99. The van der Waals surface area contributed by atoms with Crippen molar-refractivity contribution in [3.8, 4) is 0 Å². The first-order chi connectivity index (χ1) is 10.0. The van der Waals surface area contributed by atoms with Crippen molar-refractivity contribution in [2.24, 2.45) is 0 Å². The number of aromatic amines is 1. The number of alkyl halides is 3. The molecule has 0 unspecified atom stereocenters. The van der Waals surface area contributed by atoms with E-state index in [-0.39, 0.29) is 12.1 Å². The highest BCUT2D eigenvalue weighted by atomic mass is 32.2. The number of nitrogens with zero attached hydrogens (tertiary/aromatic N) is 1. The Labute approximate surface area is 125 Å². The molecule has 1 aromatic heterocycles. The fraction of sp³-hybridized carbons (Fsp3) is 0.357. The van der Waals surface area contributed by atoms with Gasteiger partial charge in [-0.05, 0) is 30.7 Å². The monoisotopic (exact) mass is 315 g/mol. The number of rotatable bonds is 6. The topological polar surface area (TPSA) is 40.7 Å². The van der Waals surface area contributed by atoms with Gasteiger partial charge in [0, 0.05) is 23.8 Å². The van der Waals surface area contributed by atoms with Gasteiger partial charge in [0.1, 0.15) is 0 Å². The molecule has 3 nitrogen and oxygen atoms in total. The summed E-state index contributed by atoms with van der Waals surface area (Å²) in [6, 6.07) is 4.39. The lowest BCUT2D eigenvalue weighted by atomic mass is 10.1. The summed E-state index contributed by atoms with van der Waals surface area (Å²) in [6.45, 7) is 2.88. The first-order valence-electron chi connectivity index (χ1n) is 6.58. The molecule has 2 rings (SSSR count). The van der Waals surface area contributed by atoms with Crippen LogP contribution in [0.1, 0.15) is 24.5 Å². The zero-order chi connectivity index (χ0) is 15.3. The largest absolute Gasteiger partial charge is 0.416 e. The summed E-state index contributed by atoms with van der Waals surface area (Å²) in [4.78, 5) is 7.37. The number of aromatic nitrogens is 2. The molecule has 2 aromatic rings. The SMILES string of the molecule is CCCNCc1ccc(Sc2ncc[nH]2)cc1C(F)(F)F. The Balaban J connectivity index is 2.22. The minimum atomic E-state index is -4.36. The third-order valence-electron chi connectivity index (χ3n) is 2.82. The van der Waals surface area contributed by atoms with E-state index in [1.165, 1.54) is 23.9 Å². The third kappa shape index (κ3) is 4.50. The van der Waals surface area contributed by atoms with Gasteiger partial charge in [-0.1, -0.05) is 24.8 Å². The van der Waals surface area contributed by atoms with Gasteiger partial charge in [0.25, 0.3) is 0 Å². The quantitative estimate of drug-likeness (QED) is 0.789. The van der Waals surface area contributed by atoms with Crippen molar-refractivity contribution in [3.05, 3.63) is 41.7 Å². The zero-order valence-corrected chi connectivity index (χ0v) is 12.3. The minimum Gasteiger partial charge on any atom is -0.339 e. The van der Waals surface area contributed by atoms with Crippen LogP contribution in [0.25, 0.3) is 0 Å². The maximum Gasteiger partial charge on any atom is 0.416 e. The molecule has 1 aromatic carbocycles. The van der Waals surface area contributed by atoms with Gasteiger partial charge in [0.15, 0.2) is 5.16 Å². The van der Waals surface area contributed by atoms with E-state index in [4.69, 9.17) is 0 Å². The van der Waals surface area contributed by atoms with Crippen LogP contribution in [0.2, 0.25) is 0 Å². The molecule has 0 aliphatic carbocycles. The van der Waals surface area contributed by atoms with Crippen LogP contribution in [0.5, 0.6) is 0 Å². The lowest BCUT2D eigenvalue weighted by Gasteiger charge is -2.14. The van der Waals surface area contributed by atoms with Crippen molar-refractivity contribution in [3.63, 3.8) is 0 Å². The third-order valence-corrected chi connectivity index (χ3v) is 3.72. The average Bonchev–Trinajstić information content (AvgIpc) is 2.92. The molecule has 0 fully saturated rings. The standard InChI is InChI=1S/C14H16F3N3S/c1-2-5-18-9-10-3-4-11(8-12(10)14(15,16)17)21-13-19-6-7-20-13/h3-4,6-8,18H,2,5,9H2,1H3,(H,19,20). The highest BCUT2D eigenvalue weighted by Gasteiger charge is 2.33. The molecule has 0 spiro atoms. The molecule has 0 aliphatic rings. The molecule has 0 atom stereocenters. The van der Waals surface area contributed by atoms with Crippen LogP contribution < -0.4 is 5.32 Å². The van der Waals surface area contributed by atoms with Crippen LogP contribution in [0.15, 0.2) is 40.6 Å². The zero-order valence-electron chi connectivity index (χ0n) is 11.5. The second kappa shape index (κ2) is 7.00. The van der Waals surface area contributed by atoms with Crippen LogP contribution in [0.3, 0.4) is 0 Å². The highest BCUT2D eigenvalue weighted by Crippen LogP contribution is 2.36. The Morgan fingerprint density at radius 2 is 2.14 bits per heavy atom. The van der Waals surface area contributed by atoms with E-state index < -0.39 is 11.7 Å². The Morgan fingerprint density at radius 3 is 2.76 bits per heavy atom. The van der Waals surface area contributed by atoms with E-state index in [2.05, 4.69) is 15.3 Å². The maximum atomic E-state index is 13.2. The maximum absolute atomic E-state index is 13.2. The summed E-state index contributed by atoms with van der Waals surface area (Å²) in [7, 11) is 0.